The molecule has 1 heterocycles. The first-order chi connectivity index (χ1) is 8.25. The van der Waals surface area contributed by atoms with Crippen LogP contribution in [0.15, 0.2) is 6.20 Å². The molecule has 0 radical (unpaired) electrons. The second-order valence-electron chi connectivity index (χ2n) is 4.04. The van der Waals surface area contributed by atoms with Gasteiger partial charge in [-0.25, -0.2) is 9.37 Å². The molecule has 0 bridgehead atoms. The van der Waals surface area contributed by atoms with Crippen molar-refractivity contribution in [1.82, 2.24) is 9.97 Å². The third-order valence-electron chi connectivity index (χ3n) is 2.76. The van der Waals surface area contributed by atoms with E-state index in [0.717, 1.165) is 19.0 Å². The molecule has 0 spiro atoms. The van der Waals surface area contributed by atoms with E-state index in [1.807, 2.05) is 0 Å². The zero-order chi connectivity index (χ0) is 12.1. The molecule has 94 valence electrons. The number of hydrogen-bond acceptors (Lipinski definition) is 4. The summed E-state index contributed by atoms with van der Waals surface area (Å²) in [6, 6.07) is 0. The van der Waals surface area contributed by atoms with E-state index < -0.39 is 5.82 Å². The van der Waals surface area contributed by atoms with E-state index in [0.29, 0.717) is 19.3 Å². The van der Waals surface area contributed by atoms with Gasteiger partial charge in [-0.1, -0.05) is 12.8 Å². The molecule has 0 amide bonds. The molecule has 4 nitrogen and oxygen atoms in total. The second kappa shape index (κ2) is 6.12. The van der Waals surface area contributed by atoms with Crippen molar-refractivity contribution in [2.75, 3.05) is 18.5 Å². The van der Waals surface area contributed by atoms with E-state index in [2.05, 4.69) is 15.3 Å². The van der Waals surface area contributed by atoms with Crippen LogP contribution in [-0.2, 0) is 4.74 Å². The summed E-state index contributed by atoms with van der Waals surface area (Å²) < 4.78 is 18.8. The molecule has 1 aromatic heterocycles. The maximum atomic E-state index is 13.2. The Morgan fingerprint density at radius 1 is 1.47 bits per heavy atom. The molecule has 1 aromatic rings. The summed E-state index contributed by atoms with van der Waals surface area (Å²) in [6.07, 6.45) is 6.18. The van der Waals surface area contributed by atoms with E-state index in [9.17, 15) is 4.39 Å². The summed E-state index contributed by atoms with van der Waals surface area (Å²) >= 11 is 5.57. The third-order valence-corrected chi connectivity index (χ3v) is 2.95. The quantitative estimate of drug-likeness (QED) is 0.652. The Hall–Kier alpha value is -0.940. The summed E-state index contributed by atoms with van der Waals surface area (Å²) in [5.74, 6) is -0.379. The van der Waals surface area contributed by atoms with Crippen molar-refractivity contribution in [3.8, 4) is 0 Å². The van der Waals surface area contributed by atoms with Gasteiger partial charge in [-0.3, -0.25) is 0 Å². The van der Waals surface area contributed by atoms with Crippen LogP contribution in [-0.4, -0.2) is 29.2 Å². The number of halogens is 2. The monoisotopic (exact) mass is 259 g/mol. The lowest BCUT2D eigenvalue weighted by molar-refractivity contribution is 0.0658. The first kappa shape index (κ1) is 12.5. The molecule has 2 rings (SSSR count). The van der Waals surface area contributed by atoms with Crippen LogP contribution >= 0.6 is 11.6 Å². The first-order valence-corrected chi connectivity index (χ1v) is 6.17. The summed E-state index contributed by atoms with van der Waals surface area (Å²) in [5.41, 5.74) is 0. The molecule has 1 fully saturated rings. The number of hydrogen-bond donors (Lipinski definition) is 1. The van der Waals surface area contributed by atoms with Crippen molar-refractivity contribution in [2.45, 2.75) is 31.8 Å². The molecule has 1 N–H and O–H groups in total. The molecule has 0 aliphatic heterocycles. The Balaban J connectivity index is 1.72. The van der Waals surface area contributed by atoms with E-state index in [1.54, 1.807) is 0 Å². The van der Waals surface area contributed by atoms with E-state index in [-0.39, 0.29) is 11.1 Å². The van der Waals surface area contributed by atoms with Crippen LogP contribution in [0.2, 0.25) is 5.28 Å². The molecule has 1 saturated carbocycles. The second-order valence-corrected chi connectivity index (χ2v) is 4.38. The zero-order valence-electron chi connectivity index (χ0n) is 9.46. The molecular formula is C11H15ClFN3O. The minimum Gasteiger partial charge on any atom is -0.376 e. The highest BCUT2D eigenvalue weighted by atomic mass is 35.5. The minimum atomic E-state index is -0.504. The van der Waals surface area contributed by atoms with Crippen molar-refractivity contribution >= 4 is 17.4 Å². The predicted octanol–water partition coefficient (Wildman–Crippen LogP) is 2.64. The van der Waals surface area contributed by atoms with Gasteiger partial charge in [0.05, 0.1) is 18.9 Å². The number of nitrogens with zero attached hydrogens (tertiary/aromatic N) is 2. The average molecular weight is 260 g/mol. The zero-order valence-corrected chi connectivity index (χ0v) is 10.2. The van der Waals surface area contributed by atoms with Gasteiger partial charge in [0, 0.05) is 6.54 Å². The summed E-state index contributed by atoms with van der Waals surface area (Å²) in [5, 5.41) is 2.88. The van der Waals surface area contributed by atoms with Crippen LogP contribution in [0, 0.1) is 5.82 Å². The van der Waals surface area contributed by atoms with Crippen molar-refractivity contribution in [3.05, 3.63) is 17.3 Å². The fourth-order valence-corrected chi connectivity index (χ4v) is 2.05. The molecule has 6 heteroatoms. The highest BCUT2D eigenvalue weighted by Crippen LogP contribution is 2.20. The largest absolute Gasteiger partial charge is 0.376 e. The molecule has 1 aliphatic rings. The molecular weight excluding hydrogens is 245 g/mol. The fraction of sp³-hybridized carbons (Fsp3) is 0.636. The van der Waals surface area contributed by atoms with Crippen molar-refractivity contribution in [2.24, 2.45) is 0 Å². The Morgan fingerprint density at radius 3 is 3.00 bits per heavy atom. The summed E-state index contributed by atoms with van der Waals surface area (Å²) in [6.45, 7) is 1.06. The Morgan fingerprint density at radius 2 is 2.24 bits per heavy atom. The van der Waals surface area contributed by atoms with Gasteiger partial charge >= 0.3 is 0 Å². The van der Waals surface area contributed by atoms with Gasteiger partial charge in [-0.05, 0) is 24.4 Å². The molecule has 0 saturated heterocycles. The van der Waals surface area contributed by atoms with Crippen molar-refractivity contribution < 1.29 is 9.13 Å². The standard InChI is InChI=1S/C11H15ClFN3O/c12-11-15-7-9(13)10(16-11)14-5-6-17-8-3-1-2-4-8/h7-8H,1-6H2,(H,14,15,16). The highest BCUT2D eigenvalue weighted by Gasteiger charge is 2.14. The molecule has 17 heavy (non-hydrogen) atoms. The SMILES string of the molecule is Fc1cnc(Cl)nc1NCCOC1CCCC1. The molecule has 0 aromatic carbocycles. The lowest BCUT2D eigenvalue weighted by Crippen LogP contribution is -2.16. The van der Waals surface area contributed by atoms with Crippen molar-refractivity contribution in [1.29, 1.82) is 0 Å². The topological polar surface area (TPSA) is 47.0 Å². The van der Waals surface area contributed by atoms with E-state index in [1.165, 1.54) is 12.8 Å². The number of anilines is 1. The van der Waals surface area contributed by atoms with Gasteiger partial charge in [0.25, 0.3) is 0 Å². The number of rotatable bonds is 5. The fourth-order valence-electron chi connectivity index (χ4n) is 1.92. The maximum absolute atomic E-state index is 13.2. The average Bonchev–Trinajstić information content (AvgIpc) is 2.82. The molecule has 1 aliphatic carbocycles. The number of nitrogens with one attached hydrogen (secondary N) is 1. The Kier molecular flexibility index (Phi) is 4.50. The lowest BCUT2D eigenvalue weighted by atomic mass is 10.3. The van der Waals surface area contributed by atoms with Gasteiger partial charge in [-0.15, -0.1) is 0 Å². The smallest absolute Gasteiger partial charge is 0.224 e. The van der Waals surface area contributed by atoms with Crippen LogP contribution < -0.4 is 5.32 Å². The van der Waals surface area contributed by atoms with E-state index >= 15 is 0 Å². The Bertz CT molecular complexity index is 372. The third kappa shape index (κ3) is 3.78. The van der Waals surface area contributed by atoms with Gasteiger partial charge in [0.15, 0.2) is 11.6 Å². The van der Waals surface area contributed by atoms with Crippen LogP contribution in [0.25, 0.3) is 0 Å². The van der Waals surface area contributed by atoms with Crippen molar-refractivity contribution in [3.63, 3.8) is 0 Å². The van der Waals surface area contributed by atoms with Gasteiger partial charge in [0.2, 0.25) is 5.28 Å². The van der Waals surface area contributed by atoms with Crippen LogP contribution in [0.1, 0.15) is 25.7 Å². The number of aromatic nitrogens is 2. The normalized spacial score (nSPS) is 16.4. The molecule has 0 unspecified atom stereocenters. The van der Waals surface area contributed by atoms with E-state index in [4.69, 9.17) is 16.3 Å². The van der Waals surface area contributed by atoms with Gasteiger partial charge in [0.1, 0.15) is 0 Å². The maximum Gasteiger partial charge on any atom is 0.224 e. The first-order valence-electron chi connectivity index (χ1n) is 5.79. The van der Waals surface area contributed by atoms with Crippen LogP contribution in [0.5, 0.6) is 0 Å². The Labute approximate surface area is 105 Å². The highest BCUT2D eigenvalue weighted by molar-refractivity contribution is 6.28. The minimum absolute atomic E-state index is 0.0330. The lowest BCUT2D eigenvalue weighted by Gasteiger charge is -2.11. The molecule has 0 atom stereocenters. The van der Waals surface area contributed by atoms with Crippen LogP contribution in [0.3, 0.4) is 0 Å². The van der Waals surface area contributed by atoms with Gasteiger partial charge < -0.3 is 10.1 Å². The van der Waals surface area contributed by atoms with Gasteiger partial charge in [-0.2, -0.15) is 4.98 Å². The number of ether oxygens (including phenoxy) is 1. The predicted molar refractivity (Wildman–Crippen MR) is 63.7 cm³/mol. The van der Waals surface area contributed by atoms with Crippen LogP contribution in [0.4, 0.5) is 10.2 Å². The summed E-state index contributed by atoms with van der Waals surface area (Å²) in [7, 11) is 0. The summed E-state index contributed by atoms with van der Waals surface area (Å²) in [4.78, 5) is 7.29.